The van der Waals surface area contributed by atoms with E-state index in [2.05, 4.69) is 36.9 Å². The standard InChI is InChI=1S/C40H37F3N4O2S/c1-4-6-23-47(24-7-5-2)32-19-17-29(37(25-32)48-3)18-20-34-22-21-33(50-34)15-11-12-16-36-35(28-46)38(30(26-44)27-45)49-39(36,40(41,42)43)31-13-9-8-10-14-31/h8-22,25H,4-7,23-24H2,1-3H3. The largest absolute Gasteiger partial charge is 0.496 e. The molecule has 0 fully saturated rings. The van der Waals surface area contributed by atoms with Crippen molar-refractivity contribution in [2.45, 2.75) is 51.3 Å². The number of alkyl halides is 3. The van der Waals surface area contributed by atoms with Gasteiger partial charge in [0.1, 0.15) is 29.5 Å². The number of thiophene rings is 1. The van der Waals surface area contributed by atoms with Crippen LogP contribution in [-0.2, 0) is 10.3 Å². The predicted molar refractivity (Wildman–Crippen MR) is 193 cm³/mol. The van der Waals surface area contributed by atoms with Gasteiger partial charge in [0.25, 0.3) is 5.60 Å². The highest BCUT2D eigenvalue weighted by Crippen LogP contribution is 2.55. The van der Waals surface area contributed by atoms with Crippen LogP contribution in [0.4, 0.5) is 18.9 Å². The fourth-order valence-electron chi connectivity index (χ4n) is 5.56. The third-order valence-corrected chi connectivity index (χ3v) is 9.14. The third kappa shape index (κ3) is 8.20. The van der Waals surface area contributed by atoms with E-state index in [0.29, 0.717) is 0 Å². The molecule has 2 heterocycles. The molecule has 256 valence electrons. The highest BCUT2D eigenvalue weighted by Gasteiger charge is 2.65. The topological polar surface area (TPSA) is 93.1 Å². The van der Waals surface area contributed by atoms with E-state index in [1.807, 2.05) is 24.3 Å². The minimum atomic E-state index is -5.04. The summed E-state index contributed by atoms with van der Waals surface area (Å²) in [5.74, 6) is 0.0779. The molecule has 1 aromatic heterocycles. The Balaban J connectivity index is 1.60. The lowest BCUT2D eigenvalue weighted by Gasteiger charge is -2.33. The Kier molecular flexibility index (Phi) is 12.9. The zero-order chi connectivity index (χ0) is 36.1. The number of benzene rings is 2. The van der Waals surface area contributed by atoms with E-state index in [1.54, 1.807) is 43.5 Å². The number of ether oxygens (including phenoxy) is 2. The minimum Gasteiger partial charge on any atom is -0.496 e. The Bertz CT molecular complexity index is 1910. The molecule has 10 heteroatoms. The Morgan fingerprint density at radius 2 is 1.52 bits per heavy atom. The third-order valence-electron chi connectivity index (χ3n) is 8.13. The van der Waals surface area contributed by atoms with Gasteiger partial charge >= 0.3 is 6.18 Å². The van der Waals surface area contributed by atoms with Crippen LogP contribution in [0.5, 0.6) is 5.75 Å². The molecule has 0 radical (unpaired) electrons. The number of halogens is 3. The number of anilines is 1. The van der Waals surface area contributed by atoms with Crippen molar-refractivity contribution in [3.05, 3.63) is 122 Å². The first-order valence-electron chi connectivity index (χ1n) is 16.2. The molecule has 50 heavy (non-hydrogen) atoms. The Morgan fingerprint density at radius 3 is 2.10 bits per heavy atom. The molecule has 0 saturated heterocycles. The molecule has 0 amide bonds. The molecule has 4 rings (SSSR count). The van der Waals surface area contributed by atoms with Crippen LogP contribution in [0.25, 0.3) is 18.2 Å². The molecule has 0 bridgehead atoms. The average Bonchev–Trinajstić information content (AvgIpc) is 3.72. The van der Waals surface area contributed by atoms with Crippen molar-refractivity contribution in [2.24, 2.45) is 0 Å². The summed E-state index contributed by atoms with van der Waals surface area (Å²) >= 11 is 1.49. The summed E-state index contributed by atoms with van der Waals surface area (Å²) in [6.45, 7) is 6.38. The van der Waals surface area contributed by atoms with Gasteiger partial charge in [-0.05, 0) is 55.3 Å². The number of nitrogens with zero attached hydrogens (tertiary/aromatic N) is 4. The van der Waals surface area contributed by atoms with Crippen molar-refractivity contribution in [3.8, 4) is 24.0 Å². The molecular weight excluding hydrogens is 658 g/mol. The summed E-state index contributed by atoms with van der Waals surface area (Å²) in [5.41, 5.74) is -3.09. The van der Waals surface area contributed by atoms with Gasteiger partial charge in [-0.3, -0.25) is 0 Å². The van der Waals surface area contributed by atoms with Gasteiger partial charge in [0.05, 0.1) is 7.11 Å². The number of rotatable bonds is 14. The van der Waals surface area contributed by atoms with E-state index < -0.39 is 34.3 Å². The summed E-state index contributed by atoms with van der Waals surface area (Å²) in [4.78, 5) is 4.21. The van der Waals surface area contributed by atoms with Crippen LogP contribution in [-0.4, -0.2) is 26.4 Å². The van der Waals surface area contributed by atoms with Crippen LogP contribution < -0.4 is 9.64 Å². The summed E-state index contributed by atoms with van der Waals surface area (Å²) in [6.07, 6.45) is 9.26. The zero-order valence-corrected chi connectivity index (χ0v) is 28.9. The van der Waals surface area contributed by atoms with Gasteiger partial charge in [0.2, 0.25) is 0 Å². The van der Waals surface area contributed by atoms with Crippen LogP contribution >= 0.6 is 11.3 Å². The smallest absolute Gasteiger partial charge is 0.437 e. The highest BCUT2D eigenvalue weighted by molar-refractivity contribution is 7.13. The van der Waals surface area contributed by atoms with Crippen LogP contribution in [0.1, 0.15) is 60.4 Å². The highest BCUT2D eigenvalue weighted by atomic mass is 32.1. The number of hydrogen-bond donors (Lipinski definition) is 0. The van der Waals surface area contributed by atoms with Crippen molar-refractivity contribution in [1.29, 1.82) is 15.8 Å². The number of hydrogen-bond acceptors (Lipinski definition) is 7. The first kappa shape index (κ1) is 37.3. The van der Waals surface area contributed by atoms with Gasteiger partial charge in [-0.15, -0.1) is 11.3 Å². The number of allylic oxidation sites excluding steroid dienone is 4. The van der Waals surface area contributed by atoms with Gasteiger partial charge in [-0.2, -0.15) is 29.0 Å². The van der Waals surface area contributed by atoms with Crippen molar-refractivity contribution in [3.63, 3.8) is 0 Å². The molecule has 0 N–H and O–H groups in total. The van der Waals surface area contributed by atoms with Crippen molar-refractivity contribution in [1.82, 2.24) is 0 Å². The van der Waals surface area contributed by atoms with E-state index in [9.17, 15) is 29.0 Å². The molecule has 1 unspecified atom stereocenters. The fraction of sp³-hybridized carbons (Fsp3) is 0.275. The number of nitriles is 3. The average molecular weight is 695 g/mol. The molecule has 0 saturated carbocycles. The second-order valence-electron chi connectivity index (χ2n) is 11.4. The quantitative estimate of drug-likeness (QED) is 0.123. The second-order valence-corrected chi connectivity index (χ2v) is 12.5. The van der Waals surface area contributed by atoms with Gasteiger partial charge in [0.15, 0.2) is 11.3 Å². The molecule has 6 nitrogen and oxygen atoms in total. The van der Waals surface area contributed by atoms with Crippen LogP contribution in [0, 0.1) is 34.0 Å². The van der Waals surface area contributed by atoms with Gasteiger partial charge in [-0.25, -0.2) is 0 Å². The molecule has 0 aliphatic carbocycles. The summed E-state index contributed by atoms with van der Waals surface area (Å²) in [5, 5.41) is 28.8. The lowest BCUT2D eigenvalue weighted by Crippen LogP contribution is -2.43. The summed E-state index contributed by atoms with van der Waals surface area (Å²) in [7, 11) is 1.66. The number of unbranched alkanes of at least 4 members (excludes halogenated alkanes) is 2. The van der Waals surface area contributed by atoms with E-state index in [-0.39, 0.29) is 5.56 Å². The monoisotopic (exact) mass is 694 g/mol. The van der Waals surface area contributed by atoms with Crippen LogP contribution in [0.2, 0.25) is 0 Å². The molecule has 1 aliphatic rings. The lowest BCUT2D eigenvalue weighted by molar-refractivity contribution is -0.249. The van der Waals surface area contributed by atoms with E-state index in [0.717, 1.165) is 71.6 Å². The van der Waals surface area contributed by atoms with E-state index in [1.165, 1.54) is 41.7 Å². The van der Waals surface area contributed by atoms with Gasteiger partial charge in [0, 0.05) is 51.3 Å². The molecule has 1 aliphatic heterocycles. The van der Waals surface area contributed by atoms with Crippen LogP contribution in [0.3, 0.4) is 0 Å². The maximum atomic E-state index is 14.9. The molecule has 0 spiro atoms. The predicted octanol–water partition coefficient (Wildman–Crippen LogP) is 10.5. The number of methoxy groups -OCH3 is 1. The lowest BCUT2D eigenvalue weighted by atomic mass is 9.84. The molecule has 3 aromatic rings. The Hall–Kier alpha value is -5.50. The fourth-order valence-corrected chi connectivity index (χ4v) is 6.38. The zero-order valence-electron chi connectivity index (χ0n) is 28.1. The Labute approximate surface area is 295 Å². The van der Waals surface area contributed by atoms with Crippen LogP contribution in [0.15, 0.2) is 101 Å². The summed E-state index contributed by atoms with van der Waals surface area (Å²) in [6, 6.07) is 21.8. The maximum absolute atomic E-state index is 14.9. The molecule has 2 aromatic carbocycles. The van der Waals surface area contributed by atoms with E-state index >= 15 is 0 Å². The maximum Gasteiger partial charge on any atom is 0.437 e. The van der Waals surface area contributed by atoms with Crippen molar-refractivity contribution in [2.75, 3.05) is 25.1 Å². The van der Waals surface area contributed by atoms with Gasteiger partial charge < -0.3 is 14.4 Å². The molecular formula is C40H37F3N4O2S. The minimum absolute atomic E-state index is 0.291. The Morgan fingerprint density at radius 1 is 0.880 bits per heavy atom. The first-order valence-corrected chi connectivity index (χ1v) is 17.1. The SMILES string of the molecule is CCCCN(CCCC)c1ccc(C=Cc2ccc(C=CC=CC3=C(C#N)C(=C(C#N)C#N)OC3(c3ccccc3)C(F)(F)F)s2)c(OC)c1. The first-order chi connectivity index (χ1) is 24.2. The molecule has 1 atom stereocenters. The van der Waals surface area contributed by atoms with E-state index in [4.69, 9.17) is 9.47 Å². The second kappa shape index (κ2) is 17.2. The summed E-state index contributed by atoms with van der Waals surface area (Å²) < 4.78 is 56.0. The van der Waals surface area contributed by atoms with Gasteiger partial charge in [-0.1, -0.05) is 75.2 Å². The van der Waals surface area contributed by atoms with Crippen molar-refractivity contribution < 1.29 is 22.6 Å². The van der Waals surface area contributed by atoms with Crippen molar-refractivity contribution >= 4 is 35.3 Å². The normalized spacial score (nSPS) is 16.1.